The van der Waals surface area contributed by atoms with E-state index in [4.69, 9.17) is 9.84 Å². The van der Waals surface area contributed by atoms with Crippen LogP contribution in [0.4, 0.5) is 4.79 Å². The van der Waals surface area contributed by atoms with Crippen molar-refractivity contribution in [3.8, 4) is 11.8 Å². The summed E-state index contributed by atoms with van der Waals surface area (Å²) in [7, 11) is 1.52. The lowest BCUT2D eigenvalue weighted by molar-refractivity contribution is -0.135. The van der Waals surface area contributed by atoms with E-state index in [-0.39, 0.29) is 18.4 Å². The summed E-state index contributed by atoms with van der Waals surface area (Å²) in [6, 6.07) is 9.09. The van der Waals surface area contributed by atoms with Gasteiger partial charge in [-0.15, -0.1) is 0 Å². The monoisotopic (exact) mass is 448 g/mol. The molecule has 1 fully saturated rings. The molecule has 0 radical (unpaired) electrons. The molecule has 1 aliphatic rings. The Hall–Kier alpha value is -3.90. The van der Waals surface area contributed by atoms with Gasteiger partial charge in [0, 0.05) is 49.2 Å². The number of pyridine rings is 1. The van der Waals surface area contributed by atoms with Crippen LogP contribution in [-0.2, 0) is 14.3 Å². The Labute approximate surface area is 190 Å². The number of carbonyl (C=O) groups excluding carboxylic acids is 2. The van der Waals surface area contributed by atoms with Crippen molar-refractivity contribution in [1.29, 1.82) is 0 Å². The average Bonchev–Trinajstić information content (AvgIpc) is 3.12. The van der Waals surface area contributed by atoms with Crippen LogP contribution in [0.15, 0.2) is 36.5 Å². The Bertz CT molecular complexity index is 1290. The molecule has 3 aromatic rings. The summed E-state index contributed by atoms with van der Waals surface area (Å²) in [5, 5.41) is 13.1. The third-order valence-corrected chi connectivity index (χ3v) is 5.60. The van der Waals surface area contributed by atoms with Crippen LogP contribution in [0.5, 0.6) is 0 Å². The van der Waals surface area contributed by atoms with Gasteiger partial charge in [-0.2, -0.15) is 0 Å². The Morgan fingerprint density at radius 3 is 2.97 bits per heavy atom. The van der Waals surface area contributed by atoms with Crippen molar-refractivity contribution in [2.24, 2.45) is 0 Å². The van der Waals surface area contributed by atoms with Gasteiger partial charge in [-0.25, -0.2) is 9.78 Å². The third kappa shape index (κ3) is 4.81. The number of benzene rings is 1. The van der Waals surface area contributed by atoms with E-state index in [0.29, 0.717) is 38.1 Å². The van der Waals surface area contributed by atoms with Crippen LogP contribution in [0.25, 0.3) is 21.9 Å². The molecule has 4 rings (SSSR count). The highest BCUT2D eigenvalue weighted by atomic mass is 16.5. The van der Waals surface area contributed by atoms with Crippen LogP contribution in [0.3, 0.4) is 0 Å². The molecule has 0 bridgehead atoms. The van der Waals surface area contributed by atoms with E-state index < -0.39 is 12.1 Å². The molecular weight excluding hydrogens is 424 g/mol. The number of aromatic nitrogens is 2. The Morgan fingerprint density at radius 2 is 2.18 bits per heavy atom. The Balaban J connectivity index is 1.51. The number of ether oxygens (including phenoxy) is 1. The van der Waals surface area contributed by atoms with Crippen LogP contribution < -0.4 is 5.32 Å². The van der Waals surface area contributed by atoms with E-state index in [1.807, 2.05) is 34.9 Å². The van der Waals surface area contributed by atoms with Gasteiger partial charge in [-0.3, -0.25) is 14.9 Å². The van der Waals surface area contributed by atoms with Crippen LogP contribution >= 0.6 is 0 Å². The number of imide groups is 1. The van der Waals surface area contributed by atoms with Crippen molar-refractivity contribution in [3.05, 3.63) is 42.1 Å². The van der Waals surface area contributed by atoms with E-state index in [1.165, 1.54) is 11.9 Å². The van der Waals surface area contributed by atoms with E-state index in [9.17, 15) is 14.4 Å². The number of carbonyl (C=O) groups is 3. The van der Waals surface area contributed by atoms with Gasteiger partial charge in [0.1, 0.15) is 18.3 Å². The van der Waals surface area contributed by atoms with Crippen molar-refractivity contribution in [3.63, 3.8) is 0 Å². The SMILES string of the molecule is CN(CCCOCC#Cc1ccc2c(c1)c1cccnc1n2[C@H]1CCC(=O)NC1=O)C(=O)O. The molecule has 1 saturated heterocycles. The molecular formula is C24H24N4O5. The maximum Gasteiger partial charge on any atom is 0.407 e. The summed E-state index contributed by atoms with van der Waals surface area (Å²) in [6.45, 7) is 1.08. The smallest absolute Gasteiger partial charge is 0.407 e. The summed E-state index contributed by atoms with van der Waals surface area (Å²) in [5.74, 6) is 5.51. The quantitative estimate of drug-likeness (QED) is 0.340. The fourth-order valence-corrected chi connectivity index (χ4v) is 3.96. The van der Waals surface area contributed by atoms with Gasteiger partial charge in [0.05, 0.1) is 5.52 Å². The predicted octanol–water partition coefficient (Wildman–Crippen LogP) is 2.54. The number of rotatable bonds is 6. The normalized spacial score (nSPS) is 15.8. The highest BCUT2D eigenvalue weighted by molar-refractivity contribution is 6.09. The van der Waals surface area contributed by atoms with E-state index in [0.717, 1.165) is 21.9 Å². The second-order valence-corrected chi connectivity index (χ2v) is 7.86. The number of nitrogens with one attached hydrogen (secondary N) is 1. The van der Waals surface area contributed by atoms with Crippen molar-refractivity contribution < 1.29 is 24.2 Å². The minimum Gasteiger partial charge on any atom is -0.465 e. The molecule has 9 nitrogen and oxygen atoms in total. The summed E-state index contributed by atoms with van der Waals surface area (Å²) in [6.07, 6.45) is 2.06. The zero-order chi connectivity index (χ0) is 23.4. The molecule has 2 aromatic heterocycles. The molecule has 1 atom stereocenters. The maximum absolute atomic E-state index is 12.5. The lowest BCUT2D eigenvalue weighted by atomic mass is 10.1. The largest absolute Gasteiger partial charge is 0.465 e. The van der Waals surface area contributed by atoms with Crippen molar-refractivity contribution in [2.75, 3.05) is 26.8 Å². The number of nitrogens with zero attached hydrogens (tertiary/aromatic N) is 3. The maximum atomic E-state index is 12.5. The van der Waals surface area contributed by atoms with Crippen molar-refractivity contribution >= 4 is 39.8 Å². The van der Waals surface area contributed by atoms with Gasteiger partial charge in [0.2, 0.25) is 11.8 Å². The molecule has 3 amide bonds. The number of hydrogen-bond acceptors (Lipinski definition) is 5. The molecule has 3 heterocycles. The second-order valence-electron chi connectivity index (χ2n) is 7.86. The molecule has 0 unspecified atom stereocenters. The number of amides is 3. The first kappa shape index (κ1) is 22.3. The van der Waals surface area contributed by atoms with Gasteiger partial charge in [-0.1, -0.05) is 11.8 Å². The van der Waals surface area contributed by atoms with Gasteiger partial charge in [0.25, 0.3) is 0 Å². The minimum absolute atomic E-state index is 0.244. The van der Waals surface area contributed by atoms with Crippen LogP contribution in [0.2, 0.25) is 0 Å². The molecule has 33 heavy (non-hydrogen) atoms. The van der Waals surface area contributed by atoms with E-state index in [1.54, 1.807) is 6.20 Å². The molecule has 0 saturated carbocycles. The summed E-state index contributed by atoms with van der Waals surface area (Å²) in [5.41, 5.74) is 2.37. The van der Waals surface area contributed by atoms with Crippen LogP contribution in [-0.4, -0.2) is 64.3 Å². The molecule has 0 spiro atoms. The molecule has 1 aliphatic heterocycles. The van der Waals surface area contributed by atoms with E-state index >= 15 is 0 Å². The first-order chi connectivity index (χ1) is 16.0. The standard InChI is InChI=1S/C24H24N4O5/c1-27(24(31)32)12-4-14-33-13-3-5-16-7-8-19-18(15-16)17-6-2-11-25-22(17)28(19)20-9-10-21(29)26-23(20)30/h2,6-8,11,15,20H,4,9-10,12-14H2,1H3,(H,31,32)(H,26,29,30)/t20-/m0/s1. The van der Waals surface area contributed by atoms with Gasteiger partial charge < -0.3 is 19.3 Å². The van der Waals surface area contributed by atoms with Gasteiger partial charge in [0.15, 0.2) is 0 Å². The number of fused-ring (bicyclic) bond motifs is 3. The minimum atomic E-state index is -0.959. The molecule has 170 valence electrons. The summed E-state index contributed by atoms with van der Waals surface area (Å²) >= 11 is 0. The lowest BCUT2D eigenvalue weighted by Crippen LogP contribution is -2.41. The number of hydrogen-bond donors (Lipinski definition) is 2. The molecule has 1 aromatic carbocycles. The van der Waals surface area contributed by atoms with Gasteiger partial charge >= 0.3 is 6.09 Å². The van der Waals surface area contributed by atoms with Gasteiger partial charge in [-0.05, 0) is 43.2 Å². The van der Waals surface area contributed by atoms with Crippen LogP contribution in [0, 0.1) is 11.8 Å². The Kier molecular flexibility index (Phi) is 6.56. The Morgan fingerprint density at radius 1 is 1.33 bits per heavy atom. The van der Waals surface area contributed by atoms with Crippen LogP contribution in [0.1, 0.15) is 30.9 Å². The van der Waals surface area contributed by atoms with Crippen molar-refractivity contribution in [2.45, 2.75) is 25.3 Å². The first-order valence-electron chi connectivity index (χ1n) is 10.7. The zero-order valence-corrected chi connectivity index (χ0v) is 18.2. The third-order valence-electron chi connectivity index (χ3n) is 5.60. The zero-order valence-electron chi connectivity index (χ0n) is 18.2. The first-order valence-corrected chi connectivity index (χ1v) is 10.7. The summed E-state index contributed by atoms with van der Waals surface area (Å²) in [4.78, 5) is 40.6. The lowest BCUT2D eigenvalue weighted by Gasteiger charge is -2.23. The molecule has 9 heteroatoms. The number of carboxylic acid groups (broad SMARTS) is 1. The van der Waals surface area contributed by atoms with E-state index in [2.05, 4.69) is 22.1 Å². The second kappa shape index (κ2) is 9.71. The number of piperidine rings is 1. The molecule has 0 aliphatic carbocycles. The fraction of sp³-hybridized carbons (Fsp3) is 0.333. The van der Waals surface area contributed by atoms with Crippen molar-refractivity contribution in [1.82, 2.24) is 19.8 Å². The summed E-state index contributed by atoms with van der Waals surface area (Å²) < 4.78 is 7.37. The topological polar surface area (TPSA) is 114 Å². The highest BCUT2D eigenvalue weighted by Gasteiger charge is 2.30. The highest BCUT2D eigenvalue weighted by Crippen LogP contribution is 2.33. The fourth-order valence-electron chi connectivity index (χ4n) is 3.96. The predicted molar refractivity (Wildman–Crippen MR) is 122 cm³/mol. The average molecular weight is 448 g/mol. The molecule has 2 N–H and O–H groups in total.